The van der Waals surface area contributed by atoms with Crippen molar-refractivity contribution in [1.29, 1.82) is 0 Å². The van der Waals surface area contributed by atoms with Crippen LogP contribution in [0.3, 0.4) is 0 Å². The lowest BCUT2D eigenvalue weighted by atomic mass is 10.2. The second kappa shape index (κ2) is 7.53. The fraction of sp³-hybridized carbons (Fsp3) is 0.158. The van der Waals surface area contributed by atoms with Gasteiger partial charge in [-0.15, -0.1) is 0 Å². The molecule has 0 radical (unpaired) electrons. The first-order chi connectivity index (χ1) is 12.2. The van der Waals surface area contributed by atoms with E-state index in [2.05, 4.69) is 10.1 Å². The van der Waals surface area contributed by atoms with Gasteiger partial charge in [-0.05, 0) is 30.7 Å². The molecule has 1 amide bonds. The van der Waals surface area contributed by atoms with Gasteiger partial charge in [0.2, 0.25) is 0 Å². The molecular weight excluding hydrogens is 316 g/mol. The average Bonchev–Trinajstić information content (AvgIpc) is 2.67. The third kappa shape index (κ3) is 3.80. The molecule has 0 saturated heterocycles. The molecule has 0 atom stereocenters. The molecule has 6 heteroatoms. The van der Waals surface area contributed by atoms with Crippen molar-refractivity contribution in [3.63, 3.8) is 0 Å². The second-order valence-electron chi connectivity index (χ2n) is 5.44. The quantitative estimate of drug-likeness (QED) is 0.719. The number of benzene rings is 1. The Morgan fingerprint density at radius 3 is 2.48 bits per heavy atom. The smallest absolute Gasteiger partial charge is 0.280 e. The Balaban J connectivity index is 1.99. The van der Waals surface area contributed by atoms with E-state index in [-0.39, 0.29) is 17.2 Å². The van der Waals surface area contributed by atoms with Crippen molar-refractivity contribution < 1.29 is 4.79 Å². The van der Waals surface area contributed by atoms with Crippen LogP contribution in [0.25, 0.3) is 0 Å². The number of carbonyl (C=O) groups is 1. The minimum absolute atomic E-state index is 0.211. The Morgan fingerprint density at radius 2 is 1.80 bits per heavy atom. The van der Waals surface area contributed by atoms with E-state index in [0.29, 0.717) is 18.9 Å². The van der Waals surface area contributed by atoms with Crippen LogP contribution >= 0.6 is 0 Å². The lowest BCUT2D eigenvalue weighted by Gasteiger charge is -2.21. The molecular formula is C19H18N4O2. The maximum Gasteiger partial charge on any atom is 0.280 e. The Hall–Kier alpha value is -3.28. The van der Waals surface area contributed by atoms with Crippen LogP contribution < -0.4 is 10.5 Å². The van der Waals surface area contributed by atoms with Gasteiger partial charge in [-0.2, -0.15) is 5.10 Å². The van der Waals surface area contributed by atoms with Gasteiger partial charge < -0.3 is 0 Å². The average molecular weight is 334 g/mol. The number of hydrogen-bond acceptors (Lipinski definition) is 4. The number of hydrogen-bond donors (Lipinski definition) is 0. The highest BCUT2D eigenvalue weighted by Gasteiger charge is 2.21. The number of carbonyl (C=O) groups excluding carboxylic acids is 1. The van der Waals surface area contributed by atoms with E-state index in [9.17, 15) is 9.59 Å². The van der Waals surface area contributed by atoms with Crippen LogP contribution in [0.4, 0.5) is 5.82 Å². The summed E-state index contributed by atoms with van der Waals surface area (Å²) in [5, 5.41) is 4.16. The third-order valence-electron chi connectivity index (χ3n) is 3.74. The van der Waals surface area contributed by atoms with Crippen molar-refractivity contribution in [3.05, 3.63) is 88.5 Å². The van der Waals surface area contributed by atoms with Crippen LogP contribution in [-0.4, -0.2) is 20.7 Å². The van der Waals surface area contributed by atoms with Crippen LogP contribution in [0.1, 0.15) is 23.0 Å². The number of nitrogens with zero attached hydrogens (tertiary/aromatic N) is 4. The Kier molecular flexibility index (Phi) is 4.99. The summed E-state index contributed by atoms with van der Waals surface area (Å²) in [6, 6.07) is 17.9. The molecule has 126 valence electrons. The molecule has 0 spiro atoms. The van der Waals surface area contributed by atoms with Crippen molar-refractivity contribution in [2.45, 2.75) is 20.0 Å². The molecule has 0 aliphatic carbocycles. The predicted molar refractivity (Wildman–Crippen MR) is 95.4 cm³/mol. The molecule has 0 unspecified atom stereocenters. The van der Waals surface area contributed by atoms with Gasteiger partial charge in [-0.3, -0.25) is 14.5 Å². The first kappa shape index (κ1) is 16.6. The topological polar surface area (TPSA) is 68.1 Å². The van der Waals surface area contributed by atoms with E-state index in [1.165, 1.54) is 16.8 Å². The van der Waals surface area contributed by atoms with E-state index in [0.717, 1.165) is 5.56 Å². The lowest BCUT2D eigenvalue weighted by molar-refractivity contribution is 0.0977. The number of rotatable bonds is 5. The number of aromatic nitrogens is 3. The highest BCUT2D eigenvalue weighted by Crippen LogP contribution is 2.16. The van der Waals surface area contributed by atoms with Gasteiger partial charge >= 0.3 is 0 Å². The maximum absolute atomic E-state index is 13.0. The lowest BCUT2D eigenvalue weighted by Crippen LogP contribution is -2.34. The molecule has 0 fully saturated rings. The van der Waals surface area contributed by atoms with E-state index in [1.54, 1.807) is 23.2 Å². The van der Waals surface area contributed by atoms with Crippen LogP contribution in [0.2, 0.25) is 0 Å². The summed E-state index contributed by atoms with van der Waals surface area (Å²) < 4.78 is 1.27. The SMILES string of the molecule is CCn1nc(C(=O)N(Cc2ccccc2)c2ccccn2)ccc1=O. The third-order valence-corrected chi connectivity index (χ3v) is 3.74. The van der Waals surface area contributed by atoms with E-state index >= 15 is 0 Å². The highest BCUT2D eigenvalue weighted by molar-refractivity contribution is 6.03. The fourth-order valence-corrected chi connectivity index (χ4v) is 2.46. The van der Waals surface area contributed by atoms with Crippen molar-refractivity contribution >= 4 is 11.7 Å². The van der Waals surface area contributed by atoms with E-state index in [1.807, 2.05) is 43.3 Å². The summed E-state index contributed by atoms with van der Waals surface area (Å²) in [6.45, 7) is 2.58. The molecule has 25 heavy (non-hydrogen) atoms. The Morgan fingerprint density at radius 1 is 1.04 bits per heavy atom. The summed E-state index contributed by atoms with van der Waals surface area (Å²) in [5.74, 6) is 0.233. The molecule has 0 saturated carbocycles. The summed E-state index contributed by atoms with van der Waals surface area (Å²) in [4.78, 5) is 30.6. The second-order valence-corrected chi connectivity index (χ2v) is 5.44. The van der Waals surface area contributed by atoms with Crippen LogP contribution in [-0.2, 0) is 13.1 Å². The van der Waals surface area contributed by atoms with Crippen molar-refractivity contribution in [1.82, 2.24) is 14.8 Å². The van der Waals surface area contributed by atoms with Crippen LogP contribution in [0.5, 0.6) is 0 Å². The molecule has 3 rings (SSSR count). The minimum atomic E-state index is -0.301. The van der Waals surface area contributed by atoms with Gasteiger partial charge in [0.25, 0.3) is 11.5 Å². The van der Waals surface area contributed by atoms with E-state index in [4.69, 9.17) is 0 Å². The largest absolute Gasteiger partial charge is 0.287 e. The van der Waals surface area contributed by atoms with Gasteiger partial charge in [0.05, 0.1) is 6.54 Å². The van der Waals surface area contributed by atoms with Gasteiger partial charge in [-0.25, -0.2) is 9.67 Å². The van der Waals surface area contributed by atoms with Crippen molar-refractivity contribution in [2.24, 2.45) is 0 Å². The number of amides is 1. The molecule has 0 aliphatic heterocycles. The van der Waals surface area contributed by atoms with Gasteiger partial charge in [-0.1, -0.05) is 36.4 Å². The first-order valence-corrected chi connectivity index (χ1v) is 8.04. The molecule has 0 N–H and O–H groups in total. The van der Waals surface area contributed by atoms with Gasteiger partial charge in [0.15, 0.2) is 0 Å². The Labute approximate surface area is 145 Å². The minimum Gasteiger partial charge on any atom is -0.287 e. The molecule has 2 aromatic heterocycles. The number of pyridine rings is 1. The molecule has 3 aromatic rings. The predicted octanol–water partition coefficient (Wildman–Crippen LogP) is 2.51. The Bertz CT molecular complexity index is 907. The van der Waals surface area contributed by atoms with Crippen molar-refractivity contribution in [2.75, 3.05) is 4.90 Å². The highest BCUT2D eigenvalue weighted by atomic mass is 16.2. The summed E-state index contributed by atoms with van der Waals surface area (Å²) in [7, 11) is 0. The van der Waals surface area contributed by atoms with E-state index < -0.39 is 0 Å². The zero-order chi connectivity index (χ0) is 17.6. The maximum atomic E-state index is 13.0. The van der Waals surface area contributed by atoms with Gasteiger partial charge in [0, 0.05) is 18.8 Å². The van der Waals surface area contributed by atoms with Crippen LogP contribution in [0.15, 0.2) is 71.7 Å². The normalized spacial score (nSPS) is 10.4. The standard InChI is InChI=1S/C19H18N4O2/c1-2-23-18(24)12-11-16(21-23)19(25)22(17-10-6-7-13-20-17)14-15-8-4-3-5-9-15/h3-13H,2,14H2,1H3. The zero-order valence-corrected chi connectivity index (χ0v) is 13.9. The van der Waals surface area contributed by atoms with Crippen molar-refractivity contribution in [3.8, 4) is 0 Å². The summed E-state index contributed by atoms with van der Waals surface area (Å²) in [5.41, 5.74) is 0.958. The first-order valence-electron chi connectivity index (χ1n) is 8.04. The molecule has 1 aromatic carbocycles. The number of anilines is 1. The van der Waals surface area contributed by atoms with Crippen LogP contribution in [0, 0.1) is 0 Å². The monoisotopic (exact) mass is 334 g/mol. The summed E-state index contributed by atoms with van der Waals surface area (Å²) >= 11 is 0. The summed E-state index contributed by atoms with van der Waals surface area (Å²) in [6.07, 6.45) is 1.64. The molecule has 2 heterocycles. The molecule has 6 nitrogen and oxygen atoms in total. The number of aryl methyl sites for hydroxylation is 1. The molecule has 0 bridgehead atoms. The fourth-order valence-electron chi connectivity index (χ4n) is 2.46. The zero-order valence-electron chi connectivity index (χ0n) is 13.9. The molecule has 0 aliphatic rings. The van der Waals surface area contributed by atoms with Gasteiger partial charge in [0.1, 0.15) is 11.5 Å².